The molecule has 3 aromatic rings. The molecular weight excluding hydrogens is 336 g/mol. The average Bonchev–Trinajstić information content (AvgIpc) is 2.59. The molecule has 0 saturated heterocycles. The van der Waals surface area contributed by atoms with Gasteiger partial charge in [0.1, 0.15) is 5.82 Å². The normalized spacial score (nSPS) is 10.4. The average molecular weight is 353 g/mol. The van der Waals surface area contributed by atoms with E-state index in [0.29, 0.717) is 22.4 Å². The minimum atomic E-state index is 0.0106. The van der Waals surface area contributed by atoms with Gasteiger partial charge in [-0.05, 0) is 49.7 Å². The summed E-state index contributed by atoms with van der Waals surface area (Å²) in [6.07, 6.45) is 1.66. The molecule has 1 heterocycles. The topological polar surface area (TPSA) is 66.9 Å². The Kier molecular flexibility index (Phi) is 4.95. The standard InChI is InChI=1S/C19H17ClN4O/c1-12-6-7-15(20)11-17(12)23-18-8-9-21-19(24-18)22-16-5-3-4-14(10-16)13(2)25/h3-11H,1-2H3,(H2,21,22,23,24). The second-order valence-electron chi connectivity index (χ2n) is 5.61. The van der Waals surface area contributed by atoms with E-state index in [9.17, 15) is 4.79 Å². The fraction of sp³-hybridized carbons (Fsp3) is 0.105. The maximum atomic E-state index is 11.5. The number of ketones is 1. The van der Waals surface area contributed by atoms with Crippen LogP contribution in [0.25, 0.3) is 0 Å². The predicted molar refractivity (Wildman–Crippen MR) is 101 cm³/mol. The van der Waals surface area contributed by atoms with E-state index in [1.54, 1.807) is 24.4 Å². The van der Waals surface area contributed by atoms with E-state index < -0.39 is 0 Å². The van der Waals surface area contributed by atoms with E-state index in [-0.39, 0.29) is 5.78 Å². The highest BCUT2D eigenvalue weighted by atomic mass is 35.5. The summed E-state index contributed by atoms with van der Waals surface area (Å²) in [6, 6.07) is 14.6. The lowest BCUT2D eigenvalue weighted by Crippen LogP contribution is -2.02. The van der Waals surface area contributed by atoms with Crippen LogP contribution in [0.4, 0.5) is 23.1 Å². The number of Topliss-reactive ketones (excluding diaryl/α,β-unsaturated/α-hetero) is 1. The minimum Gasteiger partial charge on any atom is -0.340 e. The molecule has 0 unspecified atom stereocenters. The van der Waals surface area contributed by atoms with E-state index in [2.05, 4.69) is 20.6 Å². The van der Waals surface area contributed by atoms with Gasteiger partial charge in [-0.15, -0.1) is 0 Å². The molecule has 0 fully saturated rings. The van der Waals surface area contributed by atoms with Crippen LogP contribution in [-0.2, 0) is 0 Å². The van der Waals surface area contributed by atoms with E-state index in [1.807, 2.05) is 37.3 Å². The van der Waals surface area contributed by atoms with Crippen molar-refractivity contribution in [3.63, 3.8) is 0 Å². The number of halogens is 1. The van der Waals surface area contributed by atoms with Crippen molar-refractivity contribution in [2.45, 2.75) is 13.8 Å². The molecule has 0 amide bonds. The zero-order chi connectivity index (χ0) is 17.8. The van der Waals surface area contributed by atoms with Crippen molar-refractivity contribution in [3.05, 3.63) is 70.9 Å². The Morgan fingerprint density at radius 2 is 1.92 bits per heavy atom. The van der Waals surface area contributed by atoms with Crippen LogP contribution in [0, 0.1) is 6.92 Å². The van der Waals surface area contributed by atoms with Crippen molar-refractivity contribution in [2.24, 2.45) is 0 Å². The summed E-state index contributed by atoms with van der Waals surface area (Å²) in [6.45, 7) is 3.53. The van der Waals surface area contributed by atoms with Crippen LogP contribution in [0.15, 0.2) is 54.7 Å². The zero-order valence-corrected chi connectivity index (χ0v) is 14.6. The Morgan fingerprint density at radius 1 is 1.08 bits per heavy atom. The lowest BCUT2D eigenvalue weighted by atomic mass is 10.1. The number of carbonyl (C=O) groups excluding carboxylic acids is 1. The quantitative estimate of drug-likeness (QED) is 0.623. The van der Waals surface area contributed by atoms with Crippen molar-refractivity contribution in [1.82, 2.24) is 9.97 Å². The first-order valence-corrected chi connectivity index (χ1v) is 8.13. The number of benzene rings is 2. The monoisotopic (exact) mass is 352 g/mol. The van der Waals surface area contributed by atoms with Crippen molar-refractivity contribution in [2.75, 3.05) is 10.6 Å². The first-order chi connectivity index (χ1) is 12.0. The molecule has 0 radical (unpaired) electrons. The summed E-state index contributed by atoms with van der Waals surface area (Å²) in [5.74, 6) is 1.09. The van der Waals surface area contributed by atoms with Gasteiger partial charge in [0.15, 0.2) is 5.78 Å². The van der Waals surface area contributed by atoms with Crippen LogP contribution in [0.5, 0.6) is 0 Å². The van der Waals surface area contributed by atoms with E-state index >= 15 is 0 Å². The smallest absolute Gasteiger partial charge is 0.229 e. The van der Waals surface area contributed by atoms with Gasteiger partial charge >= 0.3 is 0 Å². The lowest BCUT2D eigenvalue weighted by Gasteiger charge is -2.11. The van der Waals surface area contributed by atoms with Crippen molar-refractivity contribution < 1.29 is 4.79 Å². The highest BCUT2D eigenvalue weighted by molar-refractivity contribution is 6.30. The molecule has 0 spiro atoms. The van der Waals surface area contributed by atoms with Crippen molar-refractivity contribution >= 4 is 40.5 Å². The molecule has 2 N–H and O–H groups in total. The number of anilines is 4. The predicted octanol–water partition coefficient (Wildman–Crippen LogP) is 5.13. The molecule has 6 heteroatoms. The number of nitrogens with one attached hydrogen (secondary N) is 2. The number of hydrogen-bond acceptors (Lipinski definition) is 5. The molecule has 0 aliphatic rings. The van der Waals surface area contributed by atoms with Gasteiger partial charge in [0.25, 0.3) is 0 Å². The van der Waals surface area contributed by atoms with Gasteiger partial charge in [0.05, 0.1) is 0 Å². The summed E-state index contributed by atoms with van der Waals surface area (Å²) in [5, 5.41) is 7.00. The van der Waals surface area contributed by atoms with Crippen LogP contribution >= 0.6 is 11.6 Å². The maximum absolute atomic E-state index is 11.5. The maximum Gasteiger partial charge on any atom is 0.229 e. The minimum absolute atomic E-state index is 0.0106. The van der Waals surface area contributed by atoms with Gasteiger partial charge < -0.3 is 10.6 Å². The SMILES string of the molecule is CC(=O)c1cccc(Nc2nccc(Nc3cc(Cl)ccc3C)n2)c1. The van der Waals surface area contributed by atoms with Crippen LogP contribution < -0.4 is 10.6 Å². The molecule has 0 atom stereocenters. The Bertz CT molecular complexity index is 927. The van der Waals surface area contributed by atoms with E-state index in [0.717, 1.165) is 16.9 Å². The molecule has 3 rings (SSSR count). The summed E-state index contributed by atoms with van der Waals surface area (Å²) in [4.78, 5) is 20.2. The Hall–Kier alpha value is -2.92. The molecular formula is C19H17ClN4O. The molecule has 25 heavy (non-hydrogen) atoms. The summed E-state index contributed by atoms with van der Waals surface area (Å²) < 4.78 is 0. The molecule has 2 aromatic carbocycles. The number of hydrogen-bond donors (Lipinski definition) is 2. The fourth-order valence-electron chi connectivity index (χ4n) is 2.30. The largest absolute Gasteiger partial charge is 0.340 e. The van der Waals surface area contributed by atoms with Crippen LogP contribution in [-0.4, -0.2) is 15.8 Å². The van der Waals surface area contributed by atoms with Gasteiger partial charge in [-0.25, -0.2) is 4.98 Å². The number of carbonyl (C=O) groups is 1. The molecule has 1 aromatic heterocycles. The van der Waals surface area contributed by atoms with Gasteiger partial charge in [-0.2, -0.15) is 4.98 Å². The Morgan fingerprint density at radius 3 is 2.72 bits per heavy atom. The number of aromatic nitrogens is 2. The molecule has 0 saturated carbocycles. The van der Waals surface area contributed by atoms with Crippen LogP contribution in [0.1, 0.15) is 22.8 Å². The fourth-order valence-corrected chi connectivity index (χ4v) is 2.47. The van der Waals surface area contributed by atoms with Gasteiger partial charge in [-0.1, -0.05) is 29.8 Å². The van der Waals surface area contributed by atoms with Crippen LogP contribution in [0.2, 0.25) is 5.02 Å². The molecule has 0 aliphatic heterocycles. The van der Waals surface area contributed by atoms with Crippen LogP contribution in [0.3, 0.4) is 0 Å². The highest BCUT2D eigenvalue weighted by Crippen LogP contribution is 2.24. The van der Waals surface area contributed by atoms with Gasteiger partial charge in [-0.3, -0.25) is 4.79 Å². The third kappa shape index (κ3) is 4.33. The molecule has 0 aliphatic carbocycles. The molecule has 5 nitrogen and oxygen atoms in total. The van der Waals surface area contributed by atoms with E-state index in [1.165, 1.54) is 6.92 Å². The third-order valence-corrected chi connectivity index (χ3v) is 3.88. The zero-order valence-electron chi connectivity index (χ0n) is 13.9. The molecule has 0 bridgehead atoms. The lowest BCUT2D eigenvalue weighted by molar-refractivity contribution is 0.101. The van der Waals surface area contributed by atoms with Crippen molar-refractivity contribution in [3.8, 4) is 0 Å². The Labute approximate surface area is 151 Å². The third-order valence-electron chi connectivity index (χ3n) is 3.64. The second kappa shape index (κ2) is 7.32. The first kappa shape index (κ1) is 16.9. The van der Waals surface area contributed by atoms with Gasteiger partial charge in [0.2, 0.25) is 5.95 Å². The summed E-state index contributed by atoms with van der Waals surface area (Å²) >= 11 is 6.05. The number of aryl methyl sites for hydroxylation is 1. The highest BCUT2D eigenvalue weighted by Gasteiger charge is 2.05. The number of nitrogens with zero attached hydrogens (tertiary/aromatic N) is 2. The van der Waals surface area contributed by atoms with Crippen molar-refractivity contribution in [1.29, 1.82) is 0 Å². The number of rotatable bonds is 5. The second-order valence-corrected chi connectivity index (χ2v) is 6.05. The van der Waals surface area contributed by atoms with Gasteiger partial charge in [0, 0.05) is 28.2 Å². The first-order valence-electron chi connectivity index (χ1n) is 7.75. The molecule has 126 valence electrons. The van der Waals surface area contributed by atoms with E-state index in [4.69, 9.17) is 11.6 Å². The Balaban J connectivity index is 1.81. The summed E-state index contributed by atoms with van der Waals surface area (Å²) in [7, 11) is 0. The summed E-state index contributed by atoms with van der Waals surface area (Å²) in [5.41, 5.74) is 3.33.